The lowest BCUT2D eigenvalue weighted by molar-refractivity contribution is -0.142. The summed E-state index contributed by atoms with van der Waals surface area (Å²) in [6, 6.07) is 4.21. The number of fused-ring (bicyclic) bond motifs is 1. The summed E-state index contributed by atoms with van der Waals surface area (Å²) in [5.74, 6) is -0.263. The molecule has 1 aromatic carbocycles. The van der Waals surface area contributed by atoms with Crippen LogP contribution in [0.5, 0.6) is 0 Å². The molecule has 0 radical (unpaired) electrons. The van der Waals surface area contributed by atoms with E-state index in [4.69, 9.17) is 0 Å². The van der Waals surface area contributed by atoms with E-state index in [-0.39, 0.29) is 36.9 Å². The number of hydrogen-bond acceptors (Lipinski definition) is 5. The van der Waals surface area contributed by atoms with Crippen LogP contribution in [0.2, 0.25) is 0 Å². The second-order valence-corrected chi connectivity index (χ2v) is 7.77. The lowest BCUT2D eigenvalue weighted by atomic mass is 10.0. The molecule has 9 nitrogen and oxygen atoms in total. The molecule has 28 heavy (non-hydrogen) atoms. The van der Waals surface area contributed by atoms with Gasteiger partial charge in [-0.3, -0.25) is 19.0 Å². The van der Waals surface area contributed by atoms with Gasteiger partial charge in [0.25, 0.3) is 11.5 Å². The van der Waals surface area contributed by atoms with E-state index >= 15 is 0 Å². The second kappa shape index (κ2) is 7.86. The van der Waals surface area contributed by atoms with E-state index in [0.29, 0.717) is 16.7 Å². The van der Waals surface area contributed by atoms with Crippen molar-refractivity contribution < 1.29 is 14.4 Å². The zero-order chi connectivity index (χ0) is 20.6. The quantitative estimate of drug-likeness (QED) is 0.394. The number of halogens is 1. The molecule has 2 heterocycles. The van der Waals surface area contributed by atoms with Crippen molar-refractivity contribution >= 4 is 51.6 Å². The van der Waals surface area contributed by atoms with Gasteiger partial charge in [-0.1, -0.05) is 6.07 Å². The number of nitrogens with zero attached hydrogens (tertiary/aromatic N) is 4. The van der Waals surface area contributed by atoms with Crippen LogP contribution in [0.3, 0.4) is 0 Å². The number of amides is 4. The minimum Gasteiger partial charge on any atom is -0.334 e. The number of nitrogens with one attached hydrogen (secondary N) is 1. The Morgan fingerprint density at radius 3 is 2.71 bits per heavy atom. The van der Waals surface area contributed by atoms with E-state index in [1.807, 2.05) is 0 Å². The highest BCUT2D eigenvalue weighted by atomic mass is 127. The van der Waals surface area contributed by atoms with E-state index in [9.17, 15) is 19.2 Å². The molecule has 1 aromatic heterocycles. The third-order valence-corrected chi connectivity index (χ3v) is 5.65. The van der Waals surface area contributed by atoms with Gasteiger partial charge in [0.1, 0.15) is 11.9 Å². The summed E-state index contributed by atoms with van der Waals surface area (Å²) in [5, 5.41) is 3.12. The van der Waals surface area contributed by atoms with Gasteiger partial charge in [-0.2, -0.15) is 0 Å². The van der Waals surface area contributed by atoms with Gasteiger partial charge in [0, 0.05) is 27.1 Å². The van der Waals surface area contributed by atoms with E-state index in [2.05, 4.69) is 10.3 Å². The molecule has 1 saturated heterocycles. The predicted molar refractivity (Wildman–Crippen MR) is 111 cm³/mol. The highest BCUT2D eigenvalue weighted by molar-refractivity contribution is 14.1. The normalized spacial score (nSPS) is 17.1. The number of urea groups is 1. The number of aryl methyl sites for hydroxylation is 1. The largest absolute Gasteiger partial charge is 0.334 e. The minimum atomic E-state index is -0.754. The van der Waals surface area contributed by atoms with Crippen LogP contribution >= 0.6 is 22.9 Å². The van der Waals surface area contributed by atoms with Crippen LogP contribution in [0, 0.1) is 6.92 Å². The van der Waals surface area contributed by atoms with Crippen LogP contribution < -0.4 is 10.9 Å². The number of piperidine rings is 1. The number of imide groups is 1. The van der Waals surface area contributed by atoms with Crippen LogP contribution in [0.1, 0.15) is 30.3 Å². The van der Waals surface area contributed by atoms with Gasteiger partial charge in [0.2, 0.25) is 5.91 Å². The van der Waals surface area contributed by atoms with Crippen LogP contribution in [0.15, 0.2) is 23.0 Å². The van der Waals surface area contributed by atoms with Crippen molar-refractivity contribution in [2.75, 3.05) is 14.1 Å². The summed E-state index contributed by atoms with van der Waals surface area (Å²) in [7, 11) is 3.28. The molecule has 10 heteroatoms. The fourth-order valence-electron chi connectivity index (χ4n) is 3.14. The Bertz CT molecular complexity index is 1030. The molecule has 1 aliphatic heterocycles. The van der Waals surface area contributed by atoms with Crippen molar-refractivity contribution in [3.8, 4) is 0 Å². The minimum absolute atomic E-state index is 0.194. The number of rotatable bonds is 3. The first-order chi connectivity index (χ1) is 13.2. The number of benzene rings is 1. The molecule has 1 atom stereocenters. The lowest BCUT2D eigenvalue weighted by Gasteiger charge is -2.28. The number of hydrogen-bond donors (Lipinski definition) is 1. The Balaban J connectivity index is 2.00. The summed E-state index contributed by atoms with van der Waals surface area (Å²) in [6.07, 6.45) is 0.462. The molecule has 0 unspecified atom stereocenters. The average molecular weight is 497 g/mol. The Labute approximate surface area is 175 Å². The maximum Gasteiger partial charge on any atom is 0.317 e. The van der Waals surface area contributed by atoms with Crippen molar-refractivity contribution in [2.45, 2.75) is 32.4 Å². The molecule has 1 aliphatic rings. The molecular weight excluding hydrogens is 477 g/mol. The van der Waals surface area contributed by atoms with Crippen molar-refractivity contribution in [2.24, 2.45) is 0 Å². The Morgan fingerprint density at radius 1 is 1.32 bits per heavy atom. The third kappa shape index (κ3) is 3.73. The smallest absolute Gasteiger partial charge is 0.317 e. The summed E-state index contributed by atoms with van der Waals surface area (Å²) in [4.78, 5) is 55.0. The van der Waals surface area contributed by atoms with Gasteiger partial charge < -0.3 is 10.2 Å². The fraction of sp³-hybridized carbons (Fsp3) is 0.389. The van der Waals surface area contributed by atoms with Gasteiger partial charge in [0.15, 0.2) is 0 Å². The fourth-order valence-corrected chi connectivity index (χ4v) is 3.71. The summed E-state index contributed by atoms with van der Waals surface area (Å²) in [6.45, 7) is 1.94. The molecule has 0 spiro atoms. The van der Waals surface area contributed by atoms with Crippen molar-refractivity contribution in [1.82, 2.24) is 22.9 Å². The molecule has 3 rings (SSSR count). The highest BCUT2D eigenvalue weighted by Crippen LogP contribution is 2.26. The van der Waals surface area contributed by atoms with E-state index in [1.54, 1.807) is 62.1 Å². The highest BCUT2D eigenvalue weighted by Gasteiger charge is 2.35. The molecule has 1 N–H and O–H groups in total. The van der Waals surface area contributed by atoms with Crippen LogP contribution in [0.25, 0.3) is 10.9 Å². The monoisotopic (exact) mass is 497 g/mol. The molecule has 1 fully saturated rings. The Hall–Kier alpha value is -2.50. The van der Waals surface area contributed by atoms with E-state index < -0.39 is 11.9 Å². The first-order valence-corrected chi connectivity index (χ1v) is 9.66. The van der Waals surface area contributed by atoms with Crippen LogP contribution in [-0.2, 0) is 16.1 Å². The summed E-state index contributed by atoms with van der Waals surface area (Å²) < 4.78 is 2.40. The molecule has 0 aliphatic carbocycles. The maximum absolute atomic E-state index is 13.2. The van der Waals surface area contributed by atoms with Crippen molar-refractivity contribution in [3.63, 3.8) is 0 Å². The molecule has 4 amide bonds. The van der Waals surface area contributed by atoms with Crippen LogP contribution in [0.4, 0.5) is 4.79 Å². The molecule has 0 bridgehead atoms. The molecule has 2 aromatic rings. The van der Waals surface area contributed by atoms with Gasteiger partial charge in [0.05, 0.1) is 33.8 Å². The van der Waals surface area contributed by atoms with Gasteiger partial charge >= 0.3 is 6.03 Å². The number of carbonyl (C=O) groups excluding carboxylic acids is 3. The zero-order valence-corrected chi connectivity index (χ0v) is 17.9. The van der Waals surface area contributed by atoms with Crippen LogP contribution in [-0.4, -0.2) is 49.5 Å². The molecular formula is C18H20IN5O4. The van der Waals surface area contributed by atoms with Gasteiger partial charge in [-0.05, 0) is 31.0 Å². The lowest BCUT2D eigenvalue weighted by Crippen LogP contribution is -2.43. The molecule has 148 valence electrons. The van der Waals surface area contributed by atoms with Crippen molar-refractivity contribution in [3.05, 3.63) is 39.9 Å². The van der Waals surface area contributed by atoms with Gasteiger partial charge in [-0.15, -0.1) is 0 Å². The first kappa shape index (κ1) is 20.2. The molecule has 0 saturated carbocycles. The second-order valence-electron chi connectivity index (χ2n) is 6.81. The Morgan fingerprint density at radius 2 is 2.04 bits per heavy atom. The maximum atomic E-state index is 13.2. The SMILES string of the molecule is Cc1nc2ccc(CNC(=O)N(C)C)cc2c(=O)n1[C@H]1CCC(=O)N(I)C1=O. The number of aromatic nitrogens is 2. The summed E-state index contributed by atoms with van der Waals surface area (Å²) >= 11 is 1.67. The third-order valence-electron chi connectivity index (χ3n) is 4.63. The predicted octanol–water partition coefficient (Wildman–Crippen LogP) is 1.52. The van der Waals surface area contributed by atoms with Crippen molar-refractivity contribution in [1.29, 1.82) is 0 Å². The topological polar surface area (TPSA) is 105 Å². The first-order valence-electron chi connectivity index (χ1n) is 8.70. The van der Waals surface area contributed by atoms with E-state index in [1.165, 1.54) is 9.47 Å². The average Bonchev–Trinajstić information content (AvgIpc) is 2.66. The summed E-state index contributed by atoms with van der Waals surface area (Å²) in [5.41, 5.74) is 0.936. The zero-order valence-electron chi connectivity index (χ0n) is 15.7. The Kier molecular flexibility index (Phi) is 5.68. The van der Waals surface area contributed by atoms with E-state index in [0.717, 1.165) is 8.68 Å². The standard InChI is InChI=1S/C18H20IN5O4/c1-10-21-13-5-4-11(9-20-18(28)22(2)3)8-12(13)16(26)23(10)14-6-7-15(25)24(19)17(14)27/h4-5,8,14H,6-7,9H2,1-3H3,(H,20,28)/t14-/m0/s1. The number of carbonyl (C=O) groups is 3. The van der Waals surface area contributed by atoms with Gasteiger partial charge in [-0.25, -0.2) is 12.9 Å².